The number of ether oxygens (including phenoxy) is 1. The summed E-state index contributed by atoms with van der Waals surface area (Å²) in [5.74, 6) is 0. The molecule has 1 unspecified atom stereocenters. The lowest BCUT2D eigenvalue weighted by molar-refractivity contribution is 0.0771. The Morgan fingerprint density at radius 2 is 2.29 bits per heavy atom. The molecular weight excluding hydrogens is 181 g/mol. The fraction of sp³-hybridized carbons (Fsp3) is 1.00. The number of methoxy groups -OCH3 is 1. The monoisotopic (exact) mass is 201 g/mol. The third-order valence-electron chi connectivity index (χ3n) is 3.41. The van der Waals surface area contributed by atoms with Crippen molar-refractivity contribution in [2.24, 2.45) is 5.41 Å². The number of likely N-dealkylation sites (tertiary alicyclic amines) is 1. The smallest absolute Gasteiger partial charge is 0.113 e. The zero-order chi connectivity index (χ0) is 10.0. The second kappa shape index (κ2) is 4.15. The maximum absolute atomic E-state index is 13.1. The number of alkyl halides is 1. The molecule has 2 aliphatic rings. The van der Waals surface area contributed by atoms with Crippen LogP contribution in [-0.4, -0.2) is 44.4 Å². The van der Waals surface area contributed by atoms with E-state index in [2.05, 4.69) is 4.90 Å². The van der Waals surface area contributed by atoms with Crippen molar-refractivity contribution in [1.82, 2.24) is 4.90 Å². The third-order valence-corrected chi connectivity index (χ3v) is 3.41. The van der Waals surface area contributed by atoms with Crippen molar-refractivity contribution in [2.75, 3.05) is 33.4 Å². The highest BCUT2D eigenvalue weighted by molar-refractivity contribution is 4.96. The lowest BCUT2D eigenvalue weighted by Gasteiger charge is -2.32. The van der Waals surface area contributed by atoms with Crippen molar-refractivity contribution in [3.8, 4) is 0 Å². The summed E-state index contributed by atoms with van der Waals surface area (Å²) in [6.07, 6.45) is 3.70. The zero-order valence-corrected chi connectivity index (χ0v) is 8.97. The van der Waals surface area contributed by atoms with Crippen molar-refractivity contribution in [2.45, 2.75) is 31.9 Å². The molecule has 0 N–H and O–H groups in total. The second-order valence-corrected chi connectivity index (χ2v) is 4.91. The minimum atomic E-state index is -0.595. The van der Waals surface area contributed by atoms with Crippen molar-refractivity contribution in [1.29, 1.82) is 0 Å². The average Bonchev–Trinajstić information content (AvgIpc) is 2.85. The minimum Gasteiger partial charge on any atom is -0.384 e. The molecule has 3 heteroatoms. The van der Waals surface area contributed by atoms with Crippen LogP contribution in [0.3, 0.4) is 0 Å². The van der Waals surface area contributed by atoms with Gasteiger partial charge in [-0.25, -0.2) is 4.39 Å². The first kappa shape index (κ1) is 10.4. The van der Waals surface area contributed by atoms with Gasteiger partial charge in [0.25, 0.3) is 0 Å². The number of hydrogen-bond acceptors (Lipinski definition) is 2. The molecule has 1 saturated heterocycles. The van der Waals surface area contributed by atoms with E-state index in [0.29, 0.717) is 12.0 Å². The van der Waals surface area contributed by atoms with Crippen LogP contribution in [0.5, 0.6) is 0 Å². The van der Waals surface area contributed by atoms with Gasteiger partial charge in [-0.1, -0.05) is 0 Å². The number of halogens is 1. The molecule has 14 heavy (non-hydrogen) atoms. The van der Waals surface area contributed by atoms with E-state index in [1.807, 2.05) is 0 Å². The first-order valence-electron chi connectivity index (χ1n) is 5.59. The standard InChI is InChI=1S/C11H20FNO/c1-14-9-11(4-5-11)8-13-6-2-3-10(12)7-13/h10H,2-9H2,1H3. The van der Waals surface area contributed by atoms with Crippen LogP contribution in [0.1, 0.15) is 25.7 Å². The first-order chi connectivity index (χ1) is 6.74. The summed E-state index contributed by atoms with van der Waals surface area (Å²) in [7, 11) is 1.76. The highest BCUT2D eigenvalue weighted by atomic mass is 19.1. The summed E-state index contributed by atoms with van der Waals surface area (Å²) >= 11 is 0. The molecule has 0 aromatic carbocycles. The van der Waals surface area contributed by atoms with Gasteiger partial charge in [0.05, 0.1) is 6.61 Å². The van der Waals surface area contributed by atoms with Crippen LogP contribution >= 0.6 is 0 Å². The Kier molecular flexibility index (Phi) is 3.07. The lowest BCUT2D eigenvalue weighted by atomic mass is 10.0. The molecule has 1 aliphatic carbocycles. The van der Waals surface area contributed by atoms with Crippen LogP contribution in [0.25, 0.3) is 0 Å². The van der Waals surface area contributed by atoms with Crippen molar-refractivity contribution < 1.29 is 9.13 Å². The molecular formula is C11H20FNO. The topological polar surface area (TPSA) is 12.5 Å². The Morgan fingerprint density at radius 3 is 2.86 bits per heavy atom. The molecule has 0 spiro atoms. The first-order valence-corrected chi connectivity index (χ1v) is 5.59. The highest BCUT2D eigenvalue weighted by Gasteiger charge is 2.44. The summed E-state index contributed by atoms with van der Waals surface area (Å²) in [4.78, 5) is 2.28. The van der Waals surface area contributed by atoms with Gasteiger partial charge in [-0.2, -0.15) is 0 Å². The molecule has 0 amide bonds. The predicted molar refractivity (Wildman–Crippen MR) is 54.1 cm³/mol. The van der Waals surface area contributed by atoms with Gasteiger partial charge in [-0.15, -0.1) is 0 Å². The summed E-state index contributed by atoms with van der Waals surface area (Å²) in [5.41, 5.74) is 0.381. The van der Waals surface area contributed by atoms with E-state index in [-0.39, 0.29) is 0 Å². The molecule has 1 heterocycles. The molecule has 1 aliphatic heterocycles. The Bertz CT molecular complexity index is 194. The fourth-order valence-electron chi connectivity index (χ4n) is 2.45. The maximum atomic E-state index is 13.1. The number of nitrogens with zero attached hydrogens (tertiary/aromatic N) is 1. The van der Waals surface area contributed by atoms with E-state index in [4.69, 9.17) is 4.74 Å². The van der Waals surface area contributed by atoms with Crippen LogP contribution in [0.2, 0.25) is 0 Å². The molecule has 1 saturated carbocycles. The molecule has 0 aromatic rings. The minimum absolute atomic E-state index is 0.381. The Morgan fingerprint density at radius 1 is 1.50 bits per heavy atom. The van der Waals surface area contributed by atoms with Gasteiger partial charge in [-0.05, 0) is 32.2 Å². The molecule has 2 nitrogen and oxygen atoms in total. The van der Waals surface area contributed by atoms with Crippen LogP contribution in [0, 0.1) is 5.41 Å². The normalized spacial score (nSPS) is 31.7. The van der Waals surface area contributed by atoms with E-state index in [1.165, 1.54) is 12.8 Å². The molecule has 0 bridgehead atoms. The van der Waals surface area contributed by atoms with Crippen LogP contribution in [0.15, 0.2) is 0 Å². The quantitative estimate of drug-likeness (QED) is 0.688. The van der Waals surface area contributed by atoms with Crippen molar-refractivity contribution >= 4 is 0 Å². The fourth-order valence-corrected chi connectivity index (χ4v) is 2.45. The van der Waals surface area contributed by atoms with Gasteiger partial charge >= 0.3 is 0 Å². The van der Waals surface area contributed by atoms with Gasteiger partial charge in [-0.3, -0.25) is 4.90 Å². The summed E-state index contributed by atoms with van der Waals surface area (Å²) in [6.45, 7) is 3.61. The van der Waals surface area contributed by atoms with Crippen LogP contribution in [0.4, 0.5) is 4.39 Å². The summed E-state index contributed by atoms with van der Waals surface area (Å²) < 4.78 is 18.4. The van der Waals surface area contributed by atoms with Gasteiger partial charge < -0.3 is 4.74 Å². The molecule has 82 valence electrons. The van der Waals surface area contributed by atoms with Crippen LogP contribution in [-0.2, 0) is 4.74 Å². The average molecular weight is 201 g/mol. The maximum Gasteiger partial charge on any atom is 0.113 e. The Hall–Kier alpha value is -0.150. The van der Waals surface area contributed by atoms with Crippen LogP contribution < -0.4 is 0 Å². The van der Waals surface area contributed by atoms with Gasteiger partial charge in [0.1, 0.15) is 6.17 Å². The second-order valence-electron chi connectivity index (χ2n) is 4.91. The summed E-state index contributed by atoms with van der Waals surface area (Å²) in [5, 5.41) is 0. The predicted octanol–water partition coefficient (Wildman–Crippen LogP) is 1.85. The highest BCUT2D eigenvalue weighted by Crippen LogP contribution is 2.46. The van der Waals surface area contributed by atoms with Crippen molar-refractivity contribution in [3.05, 3.63) is 0 Å². The number of rotatable bonds is 4. The molecule has 0 aromatic heterocycles. The summed E-state index contributed by atoms with van der Waals surface area (Å²) in [6, 6.07) is 0. The van der Waals surface area contributed by atoms with E-state index in [1.54, 1.807) is 7.11 Å². The van der Waals surface area contributed by atoms with E-state index in [0.717, 1.165) is 32.5 Å². The molecule has 2 fully saturated rings. The number of hydrogen-bond donors (Lipinski definition) is 0. The van der Waals surface area contributed by atoms with Gasteiger partial charge in [0.2, 0.25) is 0 Å². The molecule has 2 rings (SSSR count). The van der Waals surface area contributed by atoms with E-state index in [9.17, 15) is 4.39 Å². The zero-order valence-electron chi connectivity index (χ0n) is 8.97. The Balaban J connectivity index is 1.79. The molecule has 0 radical (unpaired) electrons. The Labute approximate surface area is 85.4 Å². The molecule has 1 atom stereocenters. The largest absolute Gasteiger partial charge is 0.384 e. The van der Waals surface area contributed by atoms with Crippen molar-refractivity contribution in [3.63, 3.8) is 0 Å². The van der Waals surface area contributed by atoms with Gasteiger partial charge in [0, 0.05) is 25.6 Å². The van der Waals surface area contributed by atoms with E-state index < -0.39 is 6.17 Å². The lowest BCUT2D eigenvalue weighted by Crippen LogP contribution is -2.40. The third kappa shape index (κ3) is 2.45. The SMILES string of the molecule is COCC1(CN2CCCC(F)C2)CC1. The number of piperidine rings is 1. The van der Waals surface area contributed by atoms with E-state index >= 15 is 0 Å². The van der Waals surface area contributed by atoms with Gasteiger partial charge in [0.15, 0.2) is 0 Å².